The number of aromatic nitrogens is 1. The molecule has 1 aliphatic rings. The van der Waals surface area contributed by atoms with E-state index in [1.807, 2.05) is 40.7 Å². The lowest BCUT2D eigenvalue weighted by atomic mass is 9.80. The first-order valence-corrected chi connectivity index (χ1v) is 9.32. The highest BCUT2D eigenvalue weighted by atomic mass is 35.5. The van der Waals surface area contributed by atoms with Crippen LogP contribution in [0.4, 0.5) is 4.39 Å². The average molecular weight is 392 g/mol. The van der Waals surface area contributed by atoms with Crippen LogP contribution in [0, 0.1) is 12.7 Å². The highest BCUT2D eigenvalue weighted by Crippen LogP contribution is 2.37. The van der Waals surface area contributed by atoms with E-state index in [1.54, 1.807) is 25.3 Å². The zero-order valence-corrected chi connectivity index (χ0v) is 17.2. The number of halogens is 2. The number of hydrogen-bond acceptors (Lipinski definition) is 4. The van der Waals surface area contributed by atoms with Crippen LogP contribution in [-0.4, -0.2) is 23.3 Å². The summed E-state index contributed by atoms with van der Waals surface area (Å²) >= 11 is 6.37. The summed E-state index contributed by atoms with van der Waals surface area (Å²) < 4.78 is 31.7. The van der Waals surface area contributed by atoms with E-state index < -0.39 is 24.4 Å². The van der Waals surface area contributed by atoms with Gasteiger partial charge in [0.1, 0.15) is 16.9 Å². The maximum atomic E-state index is 13.8. The van der Waals surface area contributed by atoms with Crippen molar-refractivity contribution in [3.05, 3.63) is 52.4 Å². The molecule has 3 rings (SSSR count). The molecule has 1 saturated heterocycles. The molecule has 0 spiro atoms. The first-order valence-electron chi connectivity index (χ1n) is 8.94. The smallest absolute Gasteiger partial charge is 0.469 e. The molecule has 2 aromatic rings. The summed E-state index contributed by atoms with van der Waals surface area (Å²) in [7, 11) is -0.544. The lowest BCUT2D eigenvalue weighted by molar-refractivity contribution is 0.00578. The summed E-state index contributed by atoms with van der Waals surface area (Å²) in [4.78, 5) is 4.32. The third-order valence-electron chi connectivity index (χ3n) is 5.31. The van der Waals surface area contributed by atoms with Crippen molar-refractivity contribution in [2.24, 2.45) is 0 Å². The van der Waals surface area contributed by atoms with Crippen LogP contribution in [0.3, 0.4) is 0 Å². The summed E-state index contributed by atoms with van der Waals surface area (Å²) in [5, 5.41) is 0.349. The molecule has 0 saturated carbocycles. The highest BCUT2D eigenvalue weighted by molar-refractivity contribution is 6.62. The van der Waals surface area contributed by atoms with Crippen molar-refractivity contribution in [1.29, 1.82) is 0 Å². The van der Waals surface area contributed by atoms with E-state index in [1.165, 1.54) is 6.07 Å². The molecule has 0 amide bonds. The topological polar surface area (TPSA) is 40.6 Å². The van der Waals surface area contributed by atoms with Crippen molar-refractivity contribution in [2.75, 3.05) is 0 Å². The summed E-state index contributed by atoms with van der Waals surface area (Å²) in [6.45, 7) is 11.5. The monoisotopic (exact) mass is 391 g/mol. The Bertz CT molecular complexity index is 843. The fourth-order valence-electron chi connectivity index (χ4n) is 2.73. The van der Waals surface area contributed by atoms with Gasteiger partial charge in [0.05, 0.1) is 11.2 Å². The normalized spacial score (nSPS) is 19.2. The molecule has 0 N–H and O–H groups in total. The molecular formula is C20H24BClFNO3. The maximum Gasteiger partial charge on any atom is 0.496 e. The van der Waals surface area contributed by atoms with Gasteiger partial charge in [0.25, 0.3) is 0 Å². The van der Waals surface area contributed by atoms with Gasteiger partial charge in [-0.15, -0.1) is 0 Å². The first kappa shape index (κ1) is 20.1. The Morgan fingerprint density at radius 1 is 1.15 bits per heavy atom. The van der Waals surface area contributed by atoms with Gasteiger partial charge in [-0.2, -0.15) is 0 Å². The van der Waals surface area contributed by atoms with Gasteiger partial charge in [0, 0.05) is 11.7 Å². The van der Waals surface area contributed by atoms with Gasteiger partial charge < -0.3 is 14.0 Å². The van der Waals surface area contributed by atoms with Crippen LogP contribution >= 0.6 is 11.6 Å². The highest BCUT2D eigenvalue weighted by Gasteiger charge is 2.51. The van der Waals surface area contributed by atoms with Crippen molar-refractivity contribution < 1.29 is 18.4 Å². The second-order valence-corrected chi connectivity index (χ2v) is 8.32. The summed E-state index contributed by atoms with van der Waals surface area (Å²) in [5.41, 5.74) is 1.15. The Hall–Kier alpha value is -1.63. The van der Waals surface area contributed by atoms with Crippen molar-refractivity contribution in [3.63, 3.8) is 0 Å². The van der Waals surface area contributed by atoms with Crippen LogP contribution in [0.5, 0.6) is 5.88 Å². The van der Waals surface area contributed by atoms with Crippen molar-refractivity contribution in [3.8, 4) is 5.88 Å². The minimum Gasteiger partial charge on any atom is -0.469 e. The first-order chi connectivity index (χ1) is 12.5. The van der Waals surface area contributed by atoms with Crippen LogP contribution < -0.4 is 10.2 Å². The molecule has 4 nitrogen and oxygen atoms in total. The van der Waals surface area contributed by atoms with E-state index in [4.69, 9.17) is 25.6 Å². The Balaban J connectivity index is 1.76. The third-order valence-corrected chi connectivity index (χ3v) is 5.58. The van der Waals surface area contributed by atoms with Gasteiger partial charge in [-0.3, -0.25) is 0 Å². The molecule has 1 aliphatic heterocycles. The molecule has 1 aromatic heterocycles. The predicted octanol–water partition coefficient (Wildman–Crippen LogP) is 4.62. The van der Waals surface area contributed by atoms with Crippen molar-refractivity contribution in [2.45, 2.75) is 58.8 Å². The van der Waals surface area contributed by atoms with Crippen LogP contribution in [-0.2, 0) is 9.31 Å². The zero-order valence-electron chi connectivity index (χ0n) is 16.5. The Morgan fingerprint density at radius 2 is 1.78 bits per heavy atom. The molecule has 1 aromatic carbocycles. The SMILES string of the molecule is Cc1ccc(C(C)Oc2ncc(B3OC(C)(C)C(C)(C)O3)cc2Cl)cc1F. The maximum absolute atomic E-state index is 13.8. The van der Waals surface area contributed by atoms with Gasteiger partial charge >= 0.3 is 7.12 Å². The lowest BCUT2D eigenvalue weighted by Crippen LogP contribution is -2.41. The molecule has 144 valence electrons. The summed E-state index contributed by atoms with van der Waals surface area (Å²) in [6.07, 6.45) is 1.24. The average Bonchev–Trinajstić information content (AvgIpc) is 2.79. The third kappa shape index (κ3) is 3.98. The van der Waals surface area contributed by atoms with E-state index in [0.717, 1.165) is 5.46 Å². The molecular weight excluding hydrogens is 367 g/mol. The molecule has 27 heavy (non-hydrogen) atoms. The molecule has 1 fully saturated rings. The Kier molecular flexibility index (Phi) is 5.27. The lowest BCUT2D eigenvalue weighted by Gasteiger charge is -2.32. The molecule has 2 heterocycles. The molecule has 7 heteroatoms. The molecule has 1 atom stereocenters. The zero-order chi connectivity index (χ0) is 20.0. The Morgan fingerprint density at radius 3 is 2.33 bits per heavy atom. The summed E-state index contributed by atoms with van der Waals surface area (Å²) in [6, 6.07) is 6.75. The number of rotatable bonds is 4. The Labute approximate surface area is 165 Å². The molecule has 0 radical (unpaired) electrons. The minimum atomic E-state index is -0.544. The number of pyridine rings is 1. The van der Waals surface area contributed by atoms with Gasteiger partial charge in [-0.1, -0.05) is 23.7 Å². The second kappa shape index (κ2) is 7.08. The van der Waals surface area contributed by atoms with Gasteiger partial charge in [-0.25, -0.2) is 9.37 Å². The van der Waals surface area contributed by atoms with Crippen LogP contribution in [0.1, 0.15) is 51.8 Å². The van der Waals surface area contributed by atoms with Gasteiger partial charge in [0.2, 0.25) is 5.88 Å². The second-order valence-electron chi connectivity index (χ2n) is 7.91. The number of benzene rings is 1. The molecule has 0 bridgehead atoms. The fourth-order valence-corrected chi connectivity index (χ4v) is 2.95. The minimum absolute atomic E-state index is 0.266. The standard InChI is InChI=1S/C20H24BClFNO3/c1-12-7-8-14(9-17(12)23)13(2)25-18-16(22)10-15(11-24-18)21-26-19(3,4)20(5,6)27-21/h7-11,13H,1-6H3. The summed E-state index contributed by atoms with van der Waals surface area (Å²) in [5.74, 6) is 0.0172. The number of ether oxygens (including phenoxy) is 1. The van der Waals surface area contributed by atoms with Crippen LogP contribution in [0.2, 0.25) is 5.02 Å². The number of nitrogens with zero attached hydrogens (tertiary/aromatic N) is 1. The van der Waals surface area contributed by atoms with Crippen molar-refractivity contribution >= 4 is 24.2 Å². The van der Waals surface area contributed by atoms with E-state index in [2.05, 4.69) is 4.98 Å². The van der Waals surface area contributed by atoms with E-state index in [0.29, 0.717) is 16.1 Å². The van der Waals surface area contributed by atoms with E-state index in [-0.39, 0.29) is 11.7 Å². The van der Waals surface area contributed by atoms with Gasteiger partial charge in [-0.05, 0) is 64.8 Å². The quantitative estimate of drug-likeness (QED) is 0.713. The number of hydrogen-bond donors (Lipinski definition) is 0. The van der Waals surface area contributed by atoms with Crippen molar-refractivity contribution in [1.82, 2.24) is 4.98 Å². The van der Waals surface area contributed by atoms with Gasteiger partial charge in [0.15, 0.2) is 0 Å². The van der Waals surface area contributed by atoms with E-state index >= 15 is 0 Å². The molecule has 1 unspecified atom stereocenters. The van der Waals surface area contributed by atoms with E-state index in [9.17, 15) is 4.39 Å². The van der Waals surface area contributed by atoms with Crippen LogP contribution in [0.15, 0.2) is 30.5 Å². The van der Waals surface area contributed by atoms with Crippen LogP contribution in [0.25, 0.3) is 0 Å². The fraction of sp³-hybridized carbons (Fsp3) is 0.450. The molecule has 0 aliphatic carbocycles. The number of aryl methyl sites for hydroxylation is 1. The largest absolute Gasteiger partial charge is 0.496 e. The predicted molar refractivity (Wildman–Crippen MR) is 105 cm³/mol.